The maximum absolute atomic E-state index is 5.45. The van der Waals surface area contributed by atoms with Gasteiger partial charge in [0, 0.05) is 19.6 Å². The van der Waals surface area contributed by atoms with Crippen LogP contribution in [0.3, 0.4) is 0 Å². The molecule has 1 N–H and O–H groups in total. The fourth-order valence-electron chi connectivity index (χ4n) is 2.44. The normalized spacial score (nSPS) is 14.6. The van der Waals surface area contributed by atoms with Crippen LogP contribution in [0.5, 0.6) is 0 Å². The first kappa shape index (κ1) is 18.1. The van der Waals surface area contributed by atoms with Crippen molar-refractivity contribution in [2.24, 2.45) is 5.92 Å². The third-order valence-corrected chi connectivity index (χ3v) is 3.45. The van der Waals surface area contributed by atoms with Crippen molar-refractivity contribution in [2.45, 2.75) is 46.1 Å². The highest BCUT2D eigenvalue weighted by Gasteiger charge is 2.27. The average molecular weight is 299 g/mol. The summed E-state index contributed by atoms with van der Waals surface area (Å²) in [5.41, 5.74) is 0. The molecule has 6 heteroatoms. The quantitative estimate of drug-likeness (QED) is 0.630. The van der Waals surface area contributed by atoms with Crippen molar-refractivity contribution < 1.29 is 14.0 Å². The largest absolute Gasteiger partial charge is 0.382 e. The Labute approximate surface area is 127 Å². The maximum Gasteiger partial charge on any atom is 0.231 e. The molecule has 1 aromatic heterocycles. The number of hydrogen-bond donors (Lipinski definition) is 1. The summed E-state index contributed by atoms with van der Waals surface area (Å²) >= 11 is 0. The molecule has 6 nitrogen and oxygen atoms in total. The minimum atomic E-state index is 0.223. The monoisotopic (exact) mass is 299 g/mol. The fourth-order valence-corrected chi connectivity index (χ4v) is 2.44. The molecule has 0 spiro atoms. The van der Waals surface area contributed by atoms with Gasteiger partial charge in [0.1, 0.15) is 0 Å². The van der Waals surface area contributed by atoms with E-state index in [0.29, 0.717) is 49.9 Å². The summed E-state index contributed by atoms with van der Waals surface area (Å²) in [4.78, 5) is 4.52. The van der Waals surface area contributed by atoms with E-state index in [4.69, 9.17) is 14.0 Å². The van der Waals surface area contributed by atoms with Gasteiger partial charge in [-0.25, -0.2) is 0 Å². The van der Waals surface area contributed by atoms with Crippen LogP contribution in [-0.2, 0) is 15.9 Å². The molecule has 0 radical (unpaired) electrons. The lowest BCUT2D eigenvalue weighted by atomic mass is 9.89. The third kappa shape index (κ3) is 6.11. The SMILES string of the molecule is CCNC(C)C(c1nc(CCOCCOC)no1)C(C)C. The molecule has 122 valence electrons. The Morgan fingerprint density at radius 3 is 2.57 bits per heavy atom. The number of ether oxygens (including phenoxy) is 2. The lowest BCUT2D eigenvalue weighted by Gasteiger charge is -2.24. The number of nitrogens with one attached hydrogen (secondary N) is 1. The predicted molar refractivity (Wildman–Crippen MR) is 81.4 cm³/mol. The zero-order chi connectivity index (χ0) is 15.7. The van der Waals surface area contributed by atoms with E-state index >= 15 is 0 Å². The van der Waals surface area contributed by atoms with Crippen LogP contribution >= 0.6 is 0 Å². The molecule has 0 aliphatic heterocycles. The second-order valence-electron chi connectivity index (χ2n) is 5.52. The van der Waals surface area contributed by atoms with Crippen molar-refractivity contribution in [1.82, 2.24) is 15.5 Å². The van der Waals surface area contributed by atoms with Gasteiger partial charge >= 0.3 is 0 Å². The van der Waals surface area contributed by atoms with Crippen LogP contribution in [0.4, 0.5) is 0 Å². The molecule has 0 saturated carbocycles. The second kappa shape index (κ2) is 9.87. The zero-order valence-corrected chi connectivity index (χ0v) is 13.9. The lowest BCUT2D eigenvalue weighted by molar-refractivity contribution is 0.0714. The highest BCUT2D eigenvalue weighted by Crippen LogP contribution is 2.26. The molecule has 2 unspecified atom stereocenters. The fraction of sp³-hybridized carbons (Fsp3) is 0.867. The standard InChI is InChI=1S/C15H29N3O3/c1-6-16-12(4)14(11(2)3)15-17-13(18-21-15)7-8-20-10-9-19-5/h11-12,14,16H,6-10H2,1-5H3. The number of hydrogen-bond acceptors (Lipinski definition) is 6. The van der Waals surface area contributed by atoms with Crippen LogP contribution in [0, 0.1) is 5.92 Å². The van der Waals surface area contributed by atoms with Gasteiger partial charge in [-0.15, -0.1) is 0 Å². The molecule has 0 fully saturated rings. The van der Waals surface area contributed by atoms with Crippen LogP contribution in [0.15, 0.2) is 4.52 Å². The molecule has 0 aliphatic carbocycles. The smallest absolute Gasteiger partial charge is 0.231 e. The molecule has 0 aliphatic rings. The van der Waals surface area contributed by atoms with Crippen molar-refractivity contribution in [1.29, 1.82) is 0 Å². The Kier molecular flexibility index (Phi) is 8.49. The van der Waals surface area contributed by atoms with E-state index in [2.05, 4.69) is 43.2 Å². The first-order valence-electron chi connectivity index (χ1n) is 7.72. The van der Waals surface area contributed by atoms with Crippen LogP contribution in [0.1, 0.15) is 45.3 Å². The summed E-state index contributed by atoms with van der Waals surface area (Å²) < 4.78 is 15.8. The van der Waals surface area contributed by atoms with Crippen LogP contribution in [0.25, 0.3) is 0 Å². The Bertz CT molecular complexity index is 382. The minimum Gasteiger partial charge on any atom is -0.382 e. The molecule has 0 amide bonds. The van der Waals surface area contributed by atoms with Crippen molar-refractivity contribution in [2.75, 3.05) is 33.5 Å². The molecule has 0 bridgehead atoms. The third-order valence-electron chi connectivity index (χ3n) is 3.45. The van der Waals surface area contributed by atoms with Crippen LogP contribution < -0.4 is 5.32 Å². The molecule has 1 rings (SSSR count). The van der Waals surface area contributed by atoms with E-state index in [1.54, 1.807) is 7.11 Å². The first-order valence-corrected chi connectivity index (χ1v) is 7.72. The molecule has 1 heterocycles. The van der Waals surface area contributed by atoms with Crippen molar-refractivity contribution in [3.63, 3.8) is 0 Å². The van der Waals surface area contributed by atoms with E-state index in [0.717, 1.165) is 6.54 Å². The van der Waals surface area contributed by atoms with Gasteiger partial charge in [0.25, 0.3) is 0 Å². The summed E-state index contributed by atoms with van der Waals surface area (Å²) in [5, 5.41) is 7.49. The molecule has 21 heavy (non-hydrogen) atoms. The van der Waals surface area contributed by atoms with Crippen molar-refractivity contribution in [3.8, 4) is 0 Å². The van der Waals surface area contributed by atoms with E-state index in [1.165, 1.54) is 0 Å². The molecular formula is C15H29N3O3. The highest BCUT2D eigenvalue weighted by atomic mass is 16.5. The van der Waals surface area contributed by atoms with Crippen LogP contribution in [0.2, 0.25) is 0 Å². The lowest BCUT2D eigenvalue weighted by Crippen LogP contribution is -2.34. The van der Waals surface area contributed by atoms with Gasteiger partial charge in [0.15, 0.2) is 5.82 Å². The topological polar surface area (TPSA) is 69.4 Å². The van der Waals surface area contributed by atoms with Gasteiger partial charge in [-0.05, 0) is 19.4 Å². The van der Waals surface area contributed by atoms with E-state index in [1.807, 2.05) is 0 Å². The number of methoxy groups -OCH3 is 1. The highest BCUT2D eigenvalue weighted by molar-refractivity contribution is 5.00. The summed E-state index contributed by atoms with van der Waals surface area (Å²) in [7, 11) is 1.66. The summed E-state index contributed by atoms with van der Waals surface area (Å²) in [5.74, 6) is 2.08. The van der Waals surface area contributed by atoms with Gasteiger partial charge < -0.3 is 19.3 Å². The van der Waals surface area contributed by atoms with Crippen molar-refractivity contribution >= 4 is 0 Å². The number of aromatic nitrogens is 2. The molecule has 1 aromatic rings. The van der Waals surface area contributed by atoms with E-state index in [9.17, 15) is 0 Å². The minimum absolute atomic E-state index is 0.223. The Morgan fingerprint density at radius 1 is 1.19 bits per heavy atom. The molecular weight excluding hydrogens is 270 g/mol. The second-order valence-corrected chi connectivity index (χ2v) is 5.52. The summed E-state index contributed by atoms with van der Waals surface area (Å²) in [6.45, 7) is 11.3. The molecule has 2 atom stereocenters. The number of likely N-dealkylation sites (N-methyl/N-ethyl adjacent to an activating group) is 1. The zero-order valence-electron chi connectivity index (χ0n) is 13.9. The van der Waals surface area contributed by atoms with E-state index in [-0.39, 0.29) is 5.92 Å². The summed E-state index contributed by atoms with van der Waals surface area (Å²) in [6, 6.07) is 0.307. The van der Waals surface area contributed by atoms with Crippen LogP contribution in [-0.4, -0.2) is 49.7 Å². The molecule has 0 saturated heterocycles. The Hall–Kier alpha value is -0.980. The summed E-state index contributed by atoms with van der Waals surface area (Å²) in [6.07, 6.45) is 0.660. The average Bonchev–Trinajstić information content (AvgIpc) is 2.87. The number of nitrogens with zero attached hydrogens (tertiary/aromatic N) is 2. The van der Waals surface area contributed by atoms with Gasteiger partial charge in [0.05, 0.1) is 25.7 Å². The predicted octanol–water partition coefficient (Wildman–Crippen LogP) is 2.01. The Morgan fingerprint density at radius 2 is 1.95 bits per heavy atom. The van der Waals surface area contributed by atoms with Crippen molar-refractivity contribution in [3.05, 3.63) is 11.7 Å². The van der Waals surface area contributed by atoms with Gasteiger partial charge in [-0.3, -0.25) is 0 Å². The van der Waals surface area contributed by atoms with E-state index < -0.39 is 0 Å². The van der Waals surface area contributed by atoms with Gasteiger partial charge in [-0.1, -0.05) is 25.9 Å². The van der Waals surface area contributed by atoms with Gasteiger partial charge in [-0.2, -0.15) is 4.98 Å². The van der Waals surface area contributed by atoms with Gasteiger partial charge in [0.2, 0.25) is 5.89 Å². The Balaban J connectivity index is 2.54. The maximum atomic E-state index is 5.45. The first-order chi connectivity index (χ1) is 10.1. The molecule has 0 aromatic carbocycles. The number of rotatable bonds is 11.